The highest BCUT2D eigenvalue weighted by Gasteiger charge is 2.25. The molecule has 3 rings (SSSR count). The molecule has 1 heterocycles. The maximum Gasteiger partial charge on any atom is 0.193 e. The molecule has 0 amide bonds. The van der Waals surface area contributed by atoms with Gasteiger partial charge in [-0.2, -0.15) is 0 Å². The lowest BCUT2D eigenvalue weighted by atomic mass is 10.0. The largest absolute Gasteiger partial charge is 0.496 e. The van der Waals surface area contributed by atoms with Gasteiger partial charge in [-0.3, -0.25) is 9.89 Å². The first-order valence-corrected chi connectivity index (χ1v) is 10.3. The van der Waals surface area contributed by atoms with E-state index in [1.807, 2.05) is 56.3 Å². The standard InChI is InChI=1S/C23H32N4O2/c1-17(2)29-19-12-10-18(11-13-19)26-23(24)25-16-21(27-14-6-7-15-27)20-8-4-5-9-22(20)28-3/h4-5,8-13,17,21H,6-7,14-16H2,1-3H3,(H3,24,25,26). The lowest BCUT2D eigenvalue weighted by Crippen LogP contribution is -2.30. The summed E-state index contributed by atoms with van der Waals surface area (Å²) in [6.07, 6.45) is 2.58. The fourth-order valence-electron chi connectivity index (χ4n) is 3.67. The molecule has 3 N–H and O–H groups in total. The molecule has 6 heteroatoms. The van der Waals surface area contributed by atoms with Crippen molar-refractivity contribution < 1.29 is 9.47 Å². The van der Waals surface area contributed by atoms with Gasteiger partial charge in [-0.15, -0.1) is 0 Å². The molecule has 6 nitrogen and oxygen atoms in total. The van der Waals surface area contributed by atoms with E-state index in [0.29, 0.717) is 12.5 Å². The predicted octanol–water partition coefficient (Wildman–Crippen LogP) is 4.05. The zero-order valence-electron chi connectivity index (χ0n) is 17.6. The zero-order chi connectivity index (χ0) is 20.6. The van der Waals surface area contributed by atoms with Gasteiger partial charge in [0.2, 0.25) is 0 Å². The van der Waals surface area contributed by atoms with Crippen molar-refractivity contribution in [3.05, 3.63) is 54.1 Å². The molecule has 1 unspecified atom stereocenters. The average Bonchev–Trinajstić information content (AvgIpc) is 3.24. The van der Waals surface area contributed by atoms with Crippen molar-refractivity contribution in [3.63, 3.8) is 0 Å². The van der Waals surface area contributed by atoms with E-state index in [4.69, 9.17) is 15.2 Å². The molecular formula is C23H32N4O2. The molecule has 0 radical (unpaired) electrons. The molecule has 2 aromatic carbocycles. The second kappa shape index (κ2) is 10.2. The summed E-state index contributed by atoms with van der Waals surface area (Å²) in [7, 11) is 1.71. The minimum absolute atomic E-state index is 0.149. The number of aliphatic imine (C=N–C) groups is 1. The number of ether oxygens (including phenoxy) is 2. The van der Waals surface area contributed by atoms with Gasteiger partial charge < -0.3 is 20.5 Å². The van der Waals surface area contributed by atoms with Crippen LogP contribution in [0.2, 0.25) is 0 Å². The number of hydrogen-bond donors (Lipinski definition) is 2. The molecule has 0 aliphatic carbocycles. The summed E-state index contributed by atoms with van der Waals surface area (Å²) in [5, 5.41) is 3.17. The lowest BCUT2D eigenvalue weighted by Gasteiger charge is -2.28. The Morgan fingerprint density at radius 2 is 1.79 bits per heavy atom. The van der Waals surface area contributed by atoms with Crippen LogP contribution >= 0.6 is 0 Å². The Morgan fingerprint density at radius 1 is 1.10 bits per heavy atom. The number of benzene rings is 2. The number of para-hydroxylation sites is 1. The number of likely N-dealkylation sites (tertiary alicyclic amines) is 1. The Kier molecular flexibility index (Phi) is 7.36. The van der Waals surface area contributed by atoms with Gasteiger partial charge in [0.1, 0.15) is 11.5 Å². The first-order valence-electron chi connectivity index (χ1n) is 10.3. The van der Waals surface area contributed by atoms with E-state index < -0.39 is 0 Å². The van der Waals surface area contributed by atoms with E-state index in [1.54, 1.807) is 7.11 Å². The van der Waals surface area contributed by atoms with Gasteiger partial charge in [0.05, 0.1) is 25.8 Å². The van der Waals surface area contributed by atoms with E-state index in [-0.39, 0.29) is 12.1 Å². The fourth-order valence-corrected chi connectivity index (χ4v) is 3.67. The van der Waals surface area contributed by atoms with Crippen molar-refractivity contribution in [2.24, 2.45) is 10.7 Å². The first-order chi connectivity index (χ1) is 14.1. The van der Waals surface area contributed by atoms with Crippen molar-refractivity contribution in [2.45, 2.75) is 38.8 Å². The number of hydrogen-bond acceptors (Lipinski definition) is 4. The molecule has 0 bridgehead atoms. The Morgan fingerprint density at radius 3 is 2.45 bits per heavy atom. The minimum atomic E-state index is 0.149. The zero-order valence-corrected chi connectivity index (χ0v) is 17.6. The summed E-state index contributed by atoms with van der Waals surface area (Å²) >= 11 is 0. The van der Waals surface area contributed by atoms with E-state index >= 15 is 0 Å². The highest BCUT2D eigenvalue weighted by Crippen LogP contribution is 2.31. The van der Waals surface area contributed by atoms with Crippen LogP contribution < -0.4 is 20.5 Å². The maximum absolute atomic E-state index is 6.18. The minimum Gasteiger partial charge on any atom is -0.496 e. The quantitative estimate of drug-likeness (QED) is 0.520. The van der Waals surface area contributed by atoms with Crippen LogP contribution in [0.5, 0.6) is 11.5 Å². The number of anilines is 1. The molecule has 156 valence electrons. The topological polar surface area (TPSA) is 72.1 Å². The fraction of sp³-hybridized carbons (Fsp3) is 0.435. The smallest absolute Gasteiger partial charge is 0.193 e. The molecule has 1 atom stereocenters. The molecule has 1 aliphatic rings. The molecule has 0 aromatic heterocycles. The monoisotopic (exact) mass is 396 g/mol. The highest BCUT2D eigenvalue weighted by atomic mass is 16.5. The molecule has 1 saturated heterocycles. The van der Waals surface area contributed by atoms with Crippen LogP contribution in [0.1, 0.15) is 38.3 Å². The van der Waals surface area contributed by atoms with Crippen molar-refractivity contribution >= 4 is 11.6 Å². The average molecular weight is 397 g/mol. The number of nitrogens with one attached hydrogen (secondary N) is 1. The molecule has 29 heavy (non-hydrogen) atoms. The summed E-state index contributed by atoms with van der Waals surface area (Å²) in [6, 6.07) is 16.1. The van der Waals surface area contributed by atoms with Crippen molar-refractivity contribution in [1.82, 2.24) is 4.90 Å². The number of nitrogens with zero attached hydrogens (tertiary/aromatic N) is 2. The SMILES string of the molecule is COc1ccccc1C(CN=C(N)Nc1ccc(OC(C)C)cc1)N1CCCC1. The number of nitrogens with two attached hydrogens (primary N) is 1. The summed E-state index contributed by atoms with van der Waals surface area (Å²) in [5.41, 5.74) is 8.22. The molecule has 2 aromatic rings. The van der Waals surface area contributed by atoms with E-state index in [9.17, 15) is 0 Å². The van der Waals surface area contributed by atoms with E-state index in [1.165, 1.54) is 12.8 Å². The predicted molar refractivity (Wildman–Crippen MR) is 119 cm³/mol. The second-order valence-electron chi connectivity index (χ2n) is 7.54. The number of rotatable bonds is 8. The number of methoxy groups -OCH3 is 1. The van der Waals surface area contributed by atoms with E-state index in [2.05, 4.69) is 21.3 Å². The molecule has 1 aliphatic heterocycles. The first kappa shape index (κ1) is 21.0. The van der Waals surface area contributed by atoms with Crippen LogP contribution in [-0.4, -0.2) is 43.7 Å². The molecular weight excluding hydrogens is 364 g/mol. The third-order valence-electron chi connectivity index (χ3n) is 5.01. The van der Waals surface area contributed by atoms with Gasteiger partial charge in [0.15, 0.2) is 5.96 Å². The Labute approximate surface area is 173 Å². The highest BCUT2D eigenvalue weighted by molar-refractivity contribution is 5.92. The van der Waals surface area contributed by atoms with Gasteiger partial charge in [-0.25, -0.2) is 0 Å². The Balaban J connectivity index is 1.69. The summed E-state index contributed by atoms with van der Waals surface area (Å²) < 4.78 is 11.3. The van der Waals surface area contributed by atoms with Gasteiger partial charge in [-0.1, -0.05) is 18.2 Å². The summed E-state index contributed by atoms with van der Waals surface area (Å²) in [5.74, 6) is 2.14. The van der Waals surface area contributed by atoms with Crippen molar-refractivity contribution in [3.8, 4) is 11.5 Å². The normalized spacial score (nSPS) is 16.1. The maximum atomic E-state index is 6.18. The van der Waals surface area contributed by atoms with Crippen LogP contribution in [0.4, 0.5) is 5.69 Å². The van der Waals surface area contributed by atoms with Crippen LogP contribution in [0.15, 0.2) is 53.5 Å². The third kappa shape index (κ3) is 5.87. The van der Waals surface area contributed by atoms with Gasteiger partial charge in [0, 0.05) is 11.3 Å². The second-order valence-corrected chi connectivity index (χ2v) is 7.54. The summed E-state index contributed by atoms with van der Waals surface area (Å²) in [4.78, 5) is 7.11. The van der Waals surface area contributed by atoms with Crippen LogP contribution in [0, 0.1) is 0 Å². The Bertz CT molecular complexity index is 799. The van der Waals surface area contributed by atoms with Crippen molar-refractivity contribution in [2.75, 3.05) is 32.1 Å². The molecule has 0 saturated carbocycles. The van der Waals surface area contributed by atoms with Crippen LogP contribution in [-0.2, 0) is 0 Å². The lowest BCUT2D eigenvalue weighted by molar-refractivity contribution is 0.242. The summed E-state index contributed by atoms with van der Waals surface area (Å²) in [6.45, 7) is 6.74. The third-order valence-corrected chi connectivity index (χ3v) is 5.01. The van der Waals surface area contributed by atoms with Crippen molar-refractivity contribution in [1.29, 1.82) is 0 Å². The van der Waals surface area contributed by atoms with Gasteiger partial charge >= 0.3 is 0 Å². The Hall–Kier alpha value is -2.73. The van der Waals surface area contributed by atoms with Crippen LogP contribution in [0.3, 0.4) is 0 Å². The van der Waals surface area contributed by atoms with E-state index in [0.717, 1.165) is 35.8 Å². The van der Waals surface area contributed by atoms with Gasteiger partial charge in [-0.05, 0) is 70.1 Å². The van der Waals surface area contributed by atoms with Gasteiger partial charge in [0.25, 0.3) is 0 Å². The molecule has 1 fully saturated rings. The molecule has 0 spiro atoms. The van der Waals surface area contributed by atoms with Crippen LogP contribution in [0.25, 0.3) is 0 Å². The number of guanidine groups is 1.